The highest BCUT2D eigenvalue weighted by atomic mass is 28.4. The molecule has 0 aliphatic heterocycles. The Morgan fingerprint density at radius 1 is 0.867 bits per heavy atom. The molecule has 92 valence electrons. The molecule has 0 aliphatic rings. The van der Waals surface area contributed by atoms with Gasteiger partial charge in [-0.05, 0) is 25.8 Å². The molecule has 1 N–H and O–H groups in total. The molecule has 0 saturated heterocycles. The van der Waals surface area contributed by atoms with Crippen molar-refractivity contribution in [1.29, 1.82) is 0 Å². The van der Waals surface area contributed by atoms with Gasteiger partial charge in [-0.15, -0.1) is 0 Å². The van der Waals surface area contributed by atoms with Gasteiger partial charge in [0.15, 0.2) is 0 Å². The smallest absolute Gasteiger partial charge is 0.338 e. The Labute approximate surface area is 96.3 Å². The maximum absolute atomic E-state index is 10.5. The number of hydrogen-bond acceptors (Lipinski definition) is 2. The molecule has 0 bridgehead atoms. The summed E-state index contributed by atoms with van der Waals surface area (Å²) < 4.78 is 6.05. The van der Waals surface area contributed by atoms with Crippen molar-refractivity contribution in [3.05, 3.63) is 0 Å². The standard InChI is InChI=1S/C12H28O2Si/c1-10(2,3)12(7,8)14-15(9,13)11(4,5)6/h13H,1-9H3. The van der Waals surface area contributed by atoms with Crippen LogP contribution in [0.2, 0.25) is 11.6 Å². The van der Waals surface area contributed by atoms with E-state index in [1.807, 2.05) is 27.3 Å². The summed E-state index contributed by atoms with van der Waals surface area (Å²) in [5, 5.41) is -0.157. The molecule has 0 radical (unpaired) electrons. The molecule has 0 aliphatic carbocycles. The van der Waals surface area contributed by atoms with Crippen LogP contribution >= 0.6 is 0 Å². The summed E-state index contributed by atoms with van der Waals surface area (Å²) in [5.74, 6) is 0. The summed E-state index contributed by atoms with van der Waals surface area (Å²) in [7, 11) is -2.65. The van der Waals surface area contributed by atoms with E-state index in [2.05, 4.69) is 34.6 Å². The summed E-state index contributed by atoms with van der Waals surface area (Å²) >= 11 is 0. The Hall–Kier alpha value is 0.137. The van der Waals surface area contributed by atoms with Crippen LogP contribution in [0, 0.1) is 5.41 Å². The van der Waals surface area contributed by atoms with E-state index in [0.29, 0.717) is 0 Å². The van der Waals surface area contributed by atoms with E-state index < -0.39 is 8.56 Å². The molecule has 0 saturated carbocycles. The summed E-state index contributed by atoms with van der Waals surface area (Å²) in [6, 6.07) is 0. The first-order valence-corrected chi connectivity index (χ1v) is 7.99. The Morgan fingerprint density at radius 2 is 1.20 bits per heavy atom. The van der Waals surface area contributed by atoms with Gasteiger partial charge < -0.3 is 9.22 Å². The highest BCUT2D eigenvalue weighted by molar-refractivity contribution is 6.67. The van der Waals surface area contributed by atoms with Crippen LogP contribution < -0.4 is 0 Å². The zero-order valence-electron chi connectivity index (χ0n) is 11.9. The second-order valence-corrected chi connectivity index (χ2v) is 10.8. The Balaban J connectivity index is 4.89. The molecular weight excluding hydrogens is 204 g/mol. The molecule has 0 heterocycles. The average Bonchev–Trinajstić information content (AvgIpc) is 1.77. The molecule has 0 spiro atoms. The molecule has 1 atom stereocenters. The Kier molecular flexibility index (Phi) is 3.90. The van der Waals surface area contributed by atoms with E-state index in [1.165, 1.54) is 0 Å². The van der Waals surface area contributed by atoms with Crippen molar-refractivity contribution in [3.63, 3.8) is 0 Å². The van der Waals surface area contributed by atoms with E-state index in [1.54, 1.807) is 0 Å². The highest BCUT2D eigenvalue weighted by Gasteiger charge is 2.48. The quantitative estimate of drug-likeness (QED) is 0.736. The van der Waals surface area contributed by atoms with E-state index in [9.17, 15) is 4.80 Å². The summed E-state index contributed by atoms with van der Waals surface area (Å²) in [6.07, 6.45) is 0. The predicted molar refractivity (Wildman–Crippen MR) is 68.2 cm³/mol. The largest absolute Gasteiger partial charge is 0.410 e. The lowest BCUT2D eigenvalue weighted by molar-refractivity contribution is -0.0301. The van der Waals surface area contributed by atoms with Gasteiger partial charge in [0.2, 0.25) is 0 Å². The van der Waals surface area contributed by atoms with Gasteiger partial charge in [0.05, 0.1) is 5.60 Å². The predicted octanol–water partition coefficient (Wildman–Crippen LogP) is 3.69. The lowest BCUT2D eigenvalue weighted by atomic mass is 9.79. The fourth-order valence-electron chi connectivity index (χ4n) is 0.803. The minimum Gasteiger partial charge on any atom is -0.410 e. The van der Waals surface area contributed by atoms with Gasteiger partial charge >= 0.3 is 8.56 Å². The molecule has 0 fully saturated rings. The highest BCUT2D eigenvalue weighted by Crippen LogP contribution is 2.42. The molecule has 0 aromatic heterocycles. The monoisotopic (exact) mass is 232 g/mol. The van der Waals surface area contributed by atoms with Crippen LogP contribution in [-0.2, 0) is 4.43 Å². The molecular formula is C12H28O2Si. The maximum atomic E-state index is 10.5. The van der Waals surface area contributed by atoms with Gasteiger partial charge in [-0.25, -0.2) is 0 Å². The van der Waals surface area contributed by atoms with Crippen LogP contribution in [0.25, 0.3) is 0 Å². The molecule has 0 aromatic carbocycles. The average molecular weight is 232 g/mol. The van der Waals surface area contributed by atoms with Crippen molar-refractivity contribution < 1.29 is 9.22 Å². The third kappa shape index (κ3) is 3.57. The lowest BCUT2D eigenvalue weighted by Crippen LogP contribution is -2.54. The van der Waals surface area contributed by atoms with E-state index in [0.717, 1.165) is 0 Å². The van der Waals surface area contributed by atoms with Crippen LogP contribution in [0.15, 0.2) is 0 Å². The normalized spacial score (nSPS) is 18.8. The molecule has 15 heavy (non-hydrogen) atoms. The van der Waals surface area contributed by atoms with Gasteiger partial charge in [0, 0.05) is 5.04 Å². The summed E-state index contributed by atoms with van der Waals surface area (Å²) in [4.78, 5) is 10.5. The first-order chi connectivity index (χ1) is 6.21. The van der Waals surface area contributed by atoms with Crippen molar-refractivity contribution >= 4 is 8.56 Å². The molecule has 0 aromatic rings. The topological polar surface area (TPSA) is 29.5 Å². The van der Waals surface area contributed by atoms with Crippen LogP contribution in [0.5, 0.6) is 0 Å². The second-order valence-electron chi connectivity index (χ2n) is 7.10. The van der Waals surface area contributed by atoms with Crippen molar-refractivity contribution in [1.82, 2.24) is 0 Å². The summed E-state index contributed by atoms with van der Waals surface area (Å²) in [5.41, 5.74) is -0.286. The minimum atomic E-state index is -2.65. The molecule has 3 heteroatoms. The SMILES string of the molecule is CC(C)(C)C(C)(C)O[Si](C)(O)C(C)(C)C. The fourth-order valence-corrected chi connectivity index (χ4v) is 2.41. The van der Waals surface area contributed by atoms with Gasteiger partial charge in [0.25, 0.3) is 0 Å². The van der Waals surface area contributed by atoms with Crippen molar-refractivity contribution in [2.75, 3.05) is 0 Å². The second kappa shape index (κ2) is 3.86. The van der Waals surface area contributed by atoms with Gasteiger partial charge in [-0.3, -0.25) is 0 Å². The van der Waals surface area contributed by atoms with Gasteiger partial charge in [0.1, 0.15) is 0 Å². The van der Waals surface area contributed by atoms with E-state index in [4.69, 9.17) is 4.43 Å². The first-order valence-electron chi connectivity index (χ1n) is 5.63. The summed E-state index contributed by atoms with van der Waals surface area (Å²) in [6.45, 7) is 18.5. The van der Waals surface area contributed by atoms with Gasteiger partial charge in [-0.2, -0.15) is 0 Å². The third-order valence-electron chi connectivity index (χ3n) is 3.65. The van der Waals surface area contributed by atoms with E-state index in [-0.39, 0.29) is 16.1 Å². The van der Waals surface area contributed by atoms with Crippen LogP contribution in [0.1, 0.15) is 55.4 Å². The van der Waals surface area contributed by atoms with Crippen molar-refractivity contribution in [3.8, 4) is 0 Å². The van der Waals surface area contributed by atoms with Crippen LogP contribution in [0.4, 0.5) is 0 Å². The van der Waals surface area contributed by atoms with Crippen LogP contribution in [0.3, 0.4) is 0 Å². The van der Waals surface area contributed by atoms with Gasteiger partial charge in [-0.1, -0.05) is 41.5 Å². The van der Waals surface area contributed by atoms with Crippen LogP contribution in [-0.4, -0.2) is 19.0 Å². The molecule has 1 unspecified atom stereocenters. The lowest BCUT2D eigenvalue weighted by Gasteiger charge is -2.46. The van der Waals surface area contributed by atoms with Crippen molar-refractivity contribution in [2.24, 2.45) is 5.41 Å². The third-order valence-corrected chi connectivity index (χ3v) is 7.34. The fraction of sp³-hybridized carbons (Fsp3) is 1.00. The Bertz CT molecular complexity index is 195. The number of hydrogen-bond donors (Lipinski definition) is 1. The molecule has 0 rings (SSSR count). The minimum absolute atomic E-state index is 0.0231. The maximum Gasteiger partial charge on any atom is 0.338 e. The van der Waals surface area contributed by atoms with Crippen molar-refractivity contribution in [2.45, 2.75) is 72.6 Å². The zero-order chi connectivity index (χ0) is 12.7. The first kappa shape index (κ1) is 15.1. The van der Waals surface area contributed by atoms with E-state index >= 15 is 0 Å². The Morgan fingerprint density at radius 3 is 1.40 bits per heavy atom. The zero-order valence-corrected chi connectivity index (χ0v) is 12.9. The number of rotatable bonds is 2. The molecule has 0 amide bonds. The molecule has 2 nitrogen and oxygen atoms in total.